The van der Waals surface area contributed by atoms with Crippen LogP contribution in [0.25, 0.3) is 0 Å². The van der Waals surface area contributed by atoms with Gasteiger partial charge in [-0.2, -0.15) is 0 Å². The number of hydrogen-bond donors (Lipinski definition) is 2. The molecule has 1 aromatic heterocycles. The number of anilines is 1. The number of nitrogens with zero attached hydrogens (tertiary/aromatic N) is 1. The van der Waals surface area contributed by atoms with Crippen molar-refractivity contribution < 1.29 is 23.9 Å². The molecule has 0 radical (unpaired) electrons. The number of carboxylic acids is 1. The van der Waals surface area contributed by atoms with Crippen molar-refractivity contribution in [2.45, 2.75) is 20.3 Å². The molecule has 0 unspecified atom stereocenters. The van der Waals surface area contributed by atoms with E-state index in [1.165, 1.54) is 11.2 Å². The van der Waals surface area contributed by atoms with Gasteiger partial charge in [0.2, 0.25) is 0 Å². The van der Waals surface area contributed by atoms with Crippen molar-refractivity contribution in [3.8, 4) is 0 Å². The number of benzene rings is 1. The molecule has 0 aliphatic heterocycles. The number of aliphatic carboxylic acids is 1. The molecular formula is C19H22N2O5. The highest BCUT2D eigenvalue weighted by molar-refractivity contribution is 6.03. The zero-order valence-corrected chi connectivity index (χ0v) is 14.8. The van der Waals surface area contributed by atoms with Crippen molar-refractivity contribution in [1.82, 2.24) is 4.90 Å². The molecule has 0 aliphatic carbocycles. The van der Waals surface area contributed by atoms with E-state index in [9.17, 15) is 14.4 Å². The van der Waals surface area contributed by atoms with Crippen molar-refractivity contribution in [3.63, 3.8) is 0 Å². The van der Waals surface area contributed by atoms with Crippen LogP contribution in [0, 0.1) is 5.92 Å². The van der Waals surface area contributed by atoms with Crippen LogP contribution in [0.2, 0.25) is 0 Å². The molecule has 1 heterocycles. The third kappa shape index (κ3) is 5.47. The summed E-state index contributed by atoms with van der Waals surface area (Å²) in [4.78, 5) is 37.2. The molecule has 0 spiro atoms. The van der Waals surface area contributed by atoms with E-state index in [1.807, 2.05) is 13.8 Å². The molecule has 0 fully saturated rings. The van der Waals surface area contributed by atoms with Crippen molar-refractivity contribution in [2.75, 3.05) is 18.4 Å². The first-order chi connectivity index (χ1) is 12.4. The van der Waals surface area contributed by atoms with Crippen molar-refractivity contribution >= 4 is 23.5 Å². The lowest BCUT2D eigenvalue weighted by molar-refractivity contribution is -0.137. The maximum absolute atomic E-state index is 12.8. The van der Waals surface area contributed by atoms with E-state index in [1.54, 1.807) is 36.4 Å². The highest BCUT2D eigenvalue weighted by Gasteiger charge is 2.19. The standard InChI is InChI=1S/C19H22N2O5/c1-13(2)12-21(9-8-17(22)23)19(25)14-5-3-6-15(11-14)20-18(24)16-7-4-10-26-16/h3-7,10-11,13H,8-9,12H2,1-2H3,(H,20,24)(H,22,23). The van der Waals surface area contributed by atoms with Crippen LogP contribution in [0.5, 0.6) is 0 Å². The second-order valence-corrected chi connectivity index (χ2v) is 6.30. The fraction of sp³-hybridized carbons (Fsp3) is 0.316. The molecule has 0 saturated carbocycles. The summed E-state index contributed by atoms with van der Waals surface area (Å²) in [6, 6.07) is 9.69. The van der Waals surface area contributed by atoms with Crippen LogP contribution in [0.1, 0.15) is 41.2 Å². The summed E-state index contributed by atoms with van der Waals surface area (Å²) in [7, 11) is 0. The second-order valence-electron chi connectivity index (χ2n) is 6.30. The summed E-state index contributed by atoms with van der Waals surface area (Å²) in [5, 5.41) is 11.6. The number of furan rings is 1. The molecule has 0 aliphatic rings. The molecule has 0 atom stereocenters. The lowest BCUT2D eigenvalue weighted by atomic mass is 10.1. The molecule has 0 bridgehead atoms. The van der Waals surface area contributed by atoms with Gasteiger partial charge in [0.05, 0.1) is 12.7 Å². The minimum Gasteiger partial charge on any atom is -0.481 e. The van der Waals surface area contributed by atoms with E-state index < -0.39 is 11.9 Å². The van der Waals surface area contributed by atoms with Crippen LogP contribution in [0.15, 0.2) is 47.1 Å². The van der Waals surface area contributed by atoms with Crippen LogP contribution in [-0.2, 0) is 4.79 Å². The Kier molecular flexibility index (Phi) is 6.54. The van der Waals surface area contributed by atoms with Gasteiger partial charge in [-0.05, 0) is 36.2 Å². The Morgan fingerprint density at radius 3 is 2.58 bits per heavy atom. The number of rotatable bonds is 8. The van der Waals surface area contributed by atoms with Crippen LogP contribution in [0.3, 0.4) is 0 Å². The van der Waals surface area contributed by atoms with E-state index in [0.29, 0.717) is 17.8 Å². The molecular weight excluding hydrogens is 336 g/mol. The maximum Gasteiger partial charge on any atom is 0.305 e. The Morgan fingerprint density at radius 1 is 1.19 bits per heavy atom. The van der Waals surface area contributed by atoms with Gasteiger partial charge in [-0.1, -0.05) is 19.9 Å². The van der Waals surface area contributed by atoms with Gasteiger partial charge in [0.1, 0.15) is 0 Å². The van der Waals surface area contributed by atoms with Gasteiger partial charge in [-0.3, -0.25) is 14.4 Å². The fourth-order valence-electron chi connectivity index (χ4n) is 2.46. The maximum atomic E-state index is 12.8. The molecule has 0 saturated heterocycles. The van der Waals surface area contributed by atoms with Gasteiger partial charge in [-0.15, -0.1) is 0 Å². The van der Waals surface area contributed by atoms with Crippen LogP contribution in [-0.4, -0.2) is 40.9 Å². The Bertz CT molecular complexity index is 768. The summed E-state index contributed by atoms with van der Waals surface area (Å²) in [5.41, 5.74) is 0.841. The number of nitrogens with one attached hydrogen (secondary N) is 1. The summed E-state index contributed by atoms with van der Waals surface area (Å²) in [6.45, 7) is 4.51. The van der Waals surface area contributed by atoms with E-state index >= 15 is 0 Å². The number of carbonyl (C=O) groups is 3. The first-order valence-electron chi connectivity index (χ1n) is 8.33. The summed E-state index contributed by atoms with van der Waals surface area (Å²) >= 11 is 0. The fourth-order valence-corrected chi connectivity index (χ4v) is 2.46. The zero-order chi connectivity index (χ0) is 19.1. The van der Waals surface area contributed by atoms with Gasteiger partial charge in [0.25, 0.3) is 11.8 Å². The summed E-state index contributed by atoms with van der Waals surface area (Å²) in [6.07, 6.45) is 1.29. The Balaban J connectivity index is 2.13. The second kappa shape index (κ2) is 8.84. The van der Waals surface area contributed by atoms with Gasteiger partial charge in [0, 0.05) is 24.3 Å². The third-order valence-corrected chi connectivity index (χ3v) is 3.58. The Hall–Kier alpha value is -3.09. The number of amides is 2. The van der Waals surface area contributed by atoms with E-state index in [0.717, 1.165) is 0 Å². The number of hydrogen-bond acceptors (Lipinski definition) is 4. The molecule has 2 rings (SSSR count). The first kappa shape index (κ1) is 19.2. The van der Waals surface area contributed by atoms with Crippen molar-refractivity contribution in [1.29, 1.82) is 0 Å². The SMILES string of the molecule is CC(C)CN(CCC(=O)O)C(=O)c1cccc(NC(=O)c2ccco2)c1. The van der Waals surface area contributed by atoms with Crippen LogP contribution >= 0.6 is 0 Å². The smallest absolute Gasteiger partial charge is 0.305 e. The molecule has 2 aromatic rings. The summed E-state index contributed by atoms with van der Waals surface area (Å²) < 4.78 is 5.04. The Morgan fingerprint density at radius 2 is 1.96 bits per heavy atom. The van der Waals surface area contributed by atoms with E-state index in [2.05, 4.69) is 5.32 Å². The van der Waals surface area contributed by atoms with Gasteiger partial charge in [0.15, 0.2) is 5.76 Å². The van der Waals surface area contributed by atoms with Gasteiger partial charge in [-0.25, -0.2) is 0 Å². The van der Waals surface area contributed by atoms with Gasteiger partial charge >= 0.3 is 5.97 Å². The summed E-state index contributed by atoms with van der Waals surface area (Å²) in [5.74, 6) is -1.26. The average Bonchev–Trinajstić information content (AvgIpc) is 3.12. The molecule has 138 valence electrons. The number of carbonyl (C=O) groups excluding carboxylic acids is 2. The van der Waals surface area contributed by atoms with E-state index in [-0.39, 0.29) is 30.6 Å². The topological polar surface area (TPSA) is 99.9 Å². The van der Waals surface area contributed by atoms with Gasteiger partial charge < -0.3 is 19.7 Å². The monoisotopic (exact) mass is 358 g/mol. The van der Waals surface area contributed by atoms with Crippen LogP contribution < -0.4 is 5.32 Å². The minimum atomic E-state index is -0.953. The predicted molar refractivity (Wildman–Crippen MR) is 96.1 cm³/mol. The lowest BCUT2D eigenvalue weighted by Gasteiger charge is -2.24. The molecule has 2 N–H and O–H groups in total. The van der Waals surface area contributed by atoms with E-state index in [4.69, 9.17) is 9.52 Å². The first-order valence-corrected chi connectivity index (χ1v) is 8.33. The lowest BCUT2D eigenvalue weighted by Crippen LogP contribution is -2.36. The average molecular weight is 358 g/mol. The zero-order valence-electron chi connectivity index (χ0n) is 14.8. The highest BCUT2D eigenvalue weighted by Crippen LogP contribution is 2.15. The molecule has 7 heteroatoms. The molecule has 26 heavy (non-hydrogen) atoms. The third-order valence-electron chi connectivity index (χ3n) is 3.58. The molecule has 1 aromatic carbocycles. The number of carboxylic acid groups (broad SMARTS) is 1. The van der Waals surface area contributed by atoms with Crippen molar-refractivity contribution in [2.24, 2.45) is 5.92 Å². The van der Waals surface area contributed by atoms with Crippen molar-refractivity contribution in [3.05, 3.63) is 54.0 Å². The quantitative estimate of drug-likeness (QED) is 0.755. The highest BCUT2D eigenvalue weighted by atomic mass is 16.4. The molecule has 2 amide bonds. The van der Waals surface area contributed by atoms with Crippen LogP contribution in [0.4, 0.5) is 5.69 Å². The normalized spacial score (nSPS) is 10.6. The predicted octanol–water partition coefficient (Wildman–Crippen LogP) is 3.10. The largest absolute Gasteiger partial charge is 0.481 e. The molecule has 7 nitrogen and oxygen atoms in total. The Labute approximate surface area is 151 Å². The minimum absolute atomic E-state index is 0.118.